The molecule has 2 aromatic rings. The Morgan fingerprint density at radius 2 is 2.17 bits per heavy atom. The molecule has 1 aromatic heterocycles. The lowest BCUT2D eigenvalue weighted by molar-refractivity contribution is 0.0979. The van der Waals surface area contributed by atoms with Crippen LogP contribution in [0.2, 0.25) is 0 Å². The number of methoxy groups -OCH3 is 1. The van der Waals surface area contributed by atoms with Crippen LogP contribution >= 0.6 is 11.5 Å². The summed E-state index contributed by atoms with van der Waals surface area (Å²) >= 11 is 1.05. The Morgan fingerprint density at radius 1 is 1.43 bits per heavy atom. The van der Waals surface area contributed by atoms with Crippen LogP contribution in [0.25, 0.3) is 0 Å². The van der Waals surface area contributed by atoms with Crippen molar-refractivity contribution in [2.75, 3.05) is 7.11 Å². The first-order valence-electron chi connectivity index (χ1n) is 6.44. The summed E-state index contributed by atoms with van der Waals surface area (Å²) in [7, 11) is 1.49. The van der Waals surface area contributed by atoms with Gasteiger partial charge in [0.05, 0.1) is 18.9 Å². The van der Waals surface area contributed by atoms with Crippen molar-refractivity contribution in [3.8, 4) is 6.07 Å². The number of carbonyl (C=O) groups excluding carboxylic acids is 1. The Morgan fingerprint density at radius 3 is 2.74 bits per heavy atom. The lowest BCUT2D eigenvalue weighted by atomic mass is 10.1. The Balaban J connectivity index is 2.12. The van der Waals surface area contributed by atoms with Crippen molar-refractivity contribution in [1.82, 2.24) is 9.36 Å². The fraction of sp³-hybridized carbons (Fsp3) is 0.214. The molecule has 0 spiro atoms. The summed E-state index contributed by atoms with van der Waals surface area (Å²) in [6.07, 6.45) is 1.28. The molecular weight excluding hydrogens is 316 g/mol. The summed E-state index contributed by atoms with van der Waals surface area (Å²) in [5, 5.41) is 17.0. The number of carbonyl (C=O) groups is 1. The monoisotopic (exact) mass is 328 g/mol. The number of azo groups is 1. The van der Waals surface area contributed by atoms with E-state index < -0.39 is 11.8 Å². The molecule has 8 nitrogen and oxygen atoms in total. The molecule has 0 aliphatic carbocycles. The molecule has 9 heteroatoms. The minimum Gasteiger partial charge on any atom is -0.486 e. The minimum atomic E-state index is -1.23. The first-order chi connectivity index (χ1) is 11.1. The maximum absolute atomic E-state index is 12.3. The van der Waals surface area contributed by atoms with Gasteiger partial charge in [-0.3, -0.25) is 4.79 Å². The third kappa shape index (κ3) is 4.49. The molecule has 1 atom stereocenters. The average molecular weight is 328 g/mol. The van der Waals surface area contributed by atoms with Gasteiger partial charge >= 0.3 is 0 Å². The molecule has 0 amide bonds. The Hall–Kier alpha value is -2.99. The van der Waals surface area contributed by atoms with Crippen molar-refractivity contribution < 1.29 is 9.53 Å². The number of nitriles is 1. The SMILES string of the molecule is COC=Nc1ccc(C(=O)C(C#N)N=Nc2nc(C)ns2)cc1. The summed E-state index contributed by atoms with van der Waals surface area (Å²) in [6.45, 7) is 1.72. The summed E-state index contributed by atoms with van der Waals surface area (Å²) < 4.78 is 8.66. The van der Waals surface area contributed by atoms with Crippen molar-refractivity contribution >= 4 is 34.5 Å². The second-order valence-corrected chi connectivity index (χ2v) is 4.98. The second-order valence-electron chi connectivity index (χ2n) is 4.25. The van der Waals surface area contributed by atoms with Gasteiger partial charge in [-0.1, -0.05) is 0 Å². The van der Waals surface area contributed by atoms with Crippen LogP contribution in [0.3, 0.4) is 0 Å². The van der Waals surface area contributed by atoms with E-state index in [9.17, 15) is 4.79 Å². The van der Waals surface area contributed by atoms with E-state index in [4.69, 9.17) is 10.00 Å². The number of ketones is 1. The standard InChI is InChI=1S/C14H12N6O2S/c1-9-17-14(23-20-9)19-18-12(7-15)13(21)10-3-5-11(6-4-10)16-8-22-2/h3-6,8,12H,1-2H3. The predicted octanol–water partition coefficient (Wildman–Crippen LogP) is 3.01. The van der Waals surface area contributed by atoms with E-state index in [-0.39, 0.29) is 0 Å². The van der Waals surface area contributed by atoms with Gasteiger partial charge in [-0.25, -0.2) is 9.98 Å². The number of aliphatic imine (C=N–C) groups is 1. The quantitative estimate of drug-likeness (QED) is 0.350. The molecule has 1 heterocycles. The molecule has 1 unspecified atom stereocenters. The minimum absolute atomic E-state index is 0.305. The van der Waals surface area contributed by atoms with Gasteiger partial charge in [0.2, 0.25) is 17.0 Å². The Kier molecular flexibility index (Phi) is 5.60. The van der Waals surface area contributed by atoms with Crippen molar-refractivity contribution in [2.45, 2.75) is 13.0 Å². The Bertz CT molecular complexity index is 775. The average Bonchev–Trinajstić information content (AvgIpc) is 2.99. The summed E-state index contributed by atoms with van der Waals surface area (Å²) in [5.74, 6) is 0.121. The van der Waals surface area contributed by atoms with E-state index in [1.54, 1.807) is 31.2 Å². The third-order valence-electron chi connectivity index (χ3n) is 2.61. The zero-order valence-electron chi connectivity index (χ0n) is 12.4. The molecule has 2 rings (SSSR count). The van der Waals surface area contributed by atoms with Crippen molar-refractivity contribution in [3.63, 3.8) is 0 Å². The molecule has 0 saturated heterocycles. The van der Waals surface area contributed by atoms with Gasteiger partial charge in [0.25, 0.3) is 0 Å². The third-order valence-corrected chi connectivity index (χ3v) is 3.30. The predicted molar refractivity (Wildman–Crippen MR) is 84.5 cm³/mol. The highest BCUT2D eigenvalue weighted by atomic mass is 32.1. The van der Waals surface area contributed by atoms with Gasteiger partial charge in [-0.15, -0.1) is 5.11 Å². The number of nitrogens with zero attached hydrogens (tertiary/aromatic N) is 6. The van der Waals surface area contributed by atoms with Gasteiger partial charge in [0, 0.05) is 17.1 Å². The number of benzene rings is 1. The van der Waals surface area contributed by atoms with Crippen LogP contribution in [-0.4, -0.2) is 34.7 Å². The molecule has 0 fully saturated rings. The molecule has 0 radical (unpaired) electrons. The van der Waals surface area contributed by atoms with Gasteiger partial charge in [-0.05, 0) is 31.2 Å². The van der Waals surface area contributed by atoms with Gasteiger partial charge in [0.1, 0.15) is 5.82 Å². The highest BCUT2D eigenvalue weighted by Gasteiger charge is 2.19. The first-order valence-corrected chi connectivity index (χ1v) is 7.21. The number of aromatic nitrogens is 2. The van der Waals surface area contributed by atoms with Crippen molar-refractivity contribution in [1.29, 1.82) is 5.26 Å². The fourth-order valence-electron chi connectivity index (χ4n) is 1.55. The lowest BCUT2D eigenvalue weighted by Crippen LogP contribution is -2.16. The van der Waals surface area contributed by atoms with E-state index in [1.807, 2.05) is 6.07 Å². The van der Waals surface area contributed by atoms with E-state index in [1.165, 1.54) is 13.5 Å². The fourth-order valence-corrected chi connectivity index (χ4v) is 2.07. The highest BCUT2D eigenvalue weighted by molar-refractivity contribution is 7.09. The maximum Gasteiger partial charge on any atom is 0.249 e. The summed E-state index contributed by atoms with van der Waals surface area (Å²) in [4.78, 5) is 20.2. The van der Waals surface area contributed by atoms with Crippen LogP contribution < -0.4 is 0 Å². The van der Waals surface area contributed by atoms with Crippen LogP contribution in [0, 0.1) is 18.3 Å². The maximum atomic E-state index is 12.3. The molecular formula is C14H12N6O2S. The molecule has 23 heavy (non-hydrogen) atoms. The summed E-state index contributed by atoms with van der Waals surface area (Å²) in [5.41, 5.74) is 0.975. The number of hydrogen-bond donors (Lipinski definition) is 0. The van der Waals surface area contributed by atoms with E-state index in [0.29, 0.717) is 22.2 Å². The molecule has 0 bridgehead atoms. The number of Topliss-reactive ketones (excluding diaryl/α,β-unsaturated/α-hetero) is 1. The van der Waals surface area contributed by atoms with Crippen LogP contribution in [0.4, 0.5) is 10.8 Å². The lowest BCUT2D eigenvalue weighted by Gasteiger charge is -2.02. The smallest absolute Gasteiger partial charge is 0.249 e. The van der Waals surface area contributed by atoms with Crippen LogP contribution in [-0.2, 0) is 4.74 Å². The second kappa shape index (κ2) is 7.86. The van der Waals surface area contributed by atoms with E-state index >= 15 is 0 Å². The molecule has 0 saturated carbocycles. The van der Waals surface area contributed by atoms with Crippen molar-refractivity contribution in [2.24, 2.45) is 15.2 Å². The normalized spacial score (nSPS) is 12.4. The number of ether oxygens (including phenoxy) is 1. The topological polar surface area (TPSA) is 113 Å². The number of hydrogen-bond acceptors (Lipinski definition) is 9. The van der Waals surface area contributed by atoms with Crippen LogP contribution in [0.5, 0.6) is 0 Å². The molecule has 0 aliphatic rings. The van der Waals surface area contributed by atoms with E-state index in [2.05, 4.69) is 24.6 Å². The van der Waals surface area contributed by atoms with Gasteiger partial charge in [0.15, 0.2) is 6.40 Å². The van der Waals surface area contributed by atoms with Crippen LogP contribution in [0.15, 0.2) is 39.5 Å². The van der Waals surface area contributed by atoms with E-state index in [0.717, 1.165) is 11.5 Å². The molecule has 116 valence electrons. The van der Waals surface area contributed by atoms with Gasteiger partial charge < -0.3 is 4.74 Å². The first kappa shape index (κ1) is 16.4. The number of rotatable bonds is 6. The highest BCUT2D eigenvalue weighted by Crippen LogP contribution is 2.18. The zero-order chi connectivity index (χ0) is 16.7. The molecule has 1 aromatic carbocycles. The van der Waals surface area contributed by atoms with Crippen molar-refractivity contribution in [3.05, 3.63) is 35.7 Å². The number of aryl methyl sites for hydroxylation is 1. The van der Waals surface area contributed by atoms with Crippen LogP contribution in [0.1, 0.15) is 16.2 Å². The Labute approximate surface area is 136 Å². The molecule has 0 N–H and O–H groups in total. The zero-order valence-corrected chi connectivity index (χ0v) is 13.2. The largest absolute Gasteiger partial charge is 0.486 e. The molecule has 0 aliphatic heterocycles. The summed E-state index contributed by atoms with van der Waals surface area (Å²) in [6, 6.07) is 7.01. The van der Waals surface area contributed by atoms with Gasteiger partial charge in [-0.2, -0.15) is 14.7 Å².